The fourth-order valence-electron chi connectivity index (χ4n) is 0.975. The summed E-state index contributed by atoms with van der Waals surface area (Å²) >= 11 is 0. The van der Waals surface area contributed by atoms with Gasteiger partial charge in [0.1, 0.15) is 0 Å². The first kappa shape index (κ1) is 6.55. The average Bonchev–Trinajstić information content (AvgIpc) is 1.79. The van der Waals surface area contributed by atoms with Gasteiger partial charge in [-0.05, 0) is 26.2 Å². The van der Waals surface area contributed by atoms with E-state index in [0.29, 0.717) is 6.47 Å². The first-order valence-corrected chi connectivity index (χ1v) is 3.13. The quantitative estimate of drug-likeness (QED) is 0.448. The molecule has 1 fully saturated rings. The van der Waals surface area contributed by atoms with Crippen molar-refractivity contribution in [2.75, 3.05) is 0 Å². The molecule has 0 atom stereocenters. The molecule has 0 aromatic carbocycles. The molecular weight excluding hydrogens is 118 g/mol. The van der Waals surface area contributed by atoms with E-state index < -0.39 is 0 Å². The van der Waals surface area contributed by atoms with Crippen LogP contribution in [0, 0.1) is 0 Å². The molecule has 0 amide bonds. The highest BCUT2D eigenvalue weighted by Gasteiger charge is 2.32. The molecule has 52 valence electrons. The Labute approximate surface area is 54.3 Å². The fraction of sp³-hybridized carbons (Fsp3) is 0.833. The molecule has 1 aliphatic rings. The molecule has 1 N–H and O–H groups in total. The molecule has 0 unspecified atom stereocenters. The third-order valence-electron chi connectivity index (χ3n) is 1.81. The van der Waals surface area contributed by atoms with Crippen molar-refractivity contribution in [3.8, 4) is 0 Å². The van der Waals surface area contributed by atoms with Gasteiger partial charge in [-0.3, -0.25) is 4.79 Å². The van der Waals surface area contributed by atoms with Gasteiger partial charge in [0.15, 0.2) is 0 Å². The standard InChI is InChI=1S/C6H11NO2/c1-6(3-2-4-6)7-9-5-8/h5,7H,2-4H2,1H3. The molecule has 0 heterocycles. The Morgan fingerprint density at radius 2 is 2.33 bits per heavy atom. The monoisotopic (exact) mass is 129 g/mol. The van der Waals surface area contributed by atoms with Crippen molar-refractivity contribution < 1.29 is 9.63 Å². The van der Waals surface area contributed by atoms with E-state index in [2.05, 4.69) is 10.3 Å². The minimum Gasteiger partial charge on any atom is -0.373 e. The molecule has 0 aliphatic heterocycles. The van der Waals surface area contributed by atoms with Gasteiger partial charge in [0.25, 0.3) is 0 Å². The molecule has 1 saturated carbocycles. The van der Waals surface area contributed by atoms with Crippen LogP contribution >= 0.6 is 0 Å². The van der Waals surface area contributed by atoms with E-state index in [9.17, 15) is 4.79 Å². The van der Waals surface area contributed by atoms with E-state index in [-0.39, 0.29) is 5.54 Å². The fourth-order valence-corrected chi connectivity index (χ4v) is 0.975. The maximum atomic E-state index is 9.71. The van der Waals surface area contributed by atoms with Crippen LogP contribution in [0.3, 0.4) is 0 Å². The normalized spacial score (nSPS) is 22.3. The maximum absolute atomic E-state index is 9.71. The van der Waals surface area contributed by atoms with Crippen LogP contribution in [0.5, 0.6) is 0 Å². The molecular formula is C6H11NO2. The van der Waals surface area contributed by atoms with Crippen LogP contribution < -0.4 is 5.48 Å². The summed E-state index contributed by atoms with van der Waals surface area (Å²) < 4.78 is 0. The molecule has 0 radical (unpaired) electrons. The Kier molecular flexibility index (Phi) is 1.71. The van der Waals surface area contributed by atoms with Gasteiger partial charge in [0.2, 0.25) is 0 Å². The van der Waals surface area contributed by atoms with E-state index in [1.807, 2.05) is 6.92 Å². The molecule has 0 bridgehead atoms. The van der Waals surface area contributed by atoms with E-state index in [4.69, 9.17) is 0 Å². The van der Waals surface area contributed by atoms with Crippen molar-refractivity contribution in [3.63, 3.8) is 0 Å². The second kappa shape index (κ2) is 2.35. The van der Waals surface area contributed by atoms with Crippen molar-refractivity contribution in [2.45, 2.75) is 31.7 Å². The number of rotatable bonds is 3. The molecule has 3 heteroatoms. The van der Waals surface area contributed by atoms with E-state index >= 15 is 0 Å². The SMILES string of the molecule is CC1(NOC=O)CCC1. The highest BCUT2D eigenvalue weighted by atomic mass is 16.7. The van der Waals surface area contributed by atoms with Gasteiger partial charge in [0, 0.05) is 0 Å². The largest absolute Gasteiger partial charge is 0.373 e. The molecule has 9 heavy (non-hydrogen) atoms. The molecule has 0 aromatic rings. The van der Waals surface area contributed by atoms with Gasteiger partial charge in [-0.25, -0.2) is 0 Å². The molecule has 0 spiro atoms. The zero-order valence-electron chi connectivity index (χ0n) is 5.52. The first-order valence-electron chi connectivity index (χ1n) is 3.13. The van der Waals surface area contributed by atoms with Crippen LogP contribution in [0.2, 0.25) is 0 Å². The summed E-state index contributed by atoms with van der Waals surface area (Å²) in [6.07, 6.45) is 3.42. The summed E-state index contributed by atoms with van der Waals surface area (Å²) in [5.74, 6) is 0. The molecule has 0 saturated heterocycles. The lowest BCUT2D eigenvalue weighted by Crippen LogP contribution is -2.47. The van der Waals surface area contributed by atoms with Crippen LogP contribution in [-0.4, -0.2) is 12.0 Å². The Balaban J connectivity index is 2.16. The highest BCUT2D eigenvalue weighted by Crippen LogP contribution is 2.30. The first-order chi connectivity index (χ1) is 4.27. The van der Waals surface area contributed by atoms with Crippen molar-refractivity contribution in [3.05, 3.63) is 0 Å². The van der Waals surface area contributed by atoms with Gasteiger partial charge in [0.05, 0.1) is 5.54 Å². The number of hydrogen-bond acceptors (Lipinski definition) is 3. The van der Waals surface area contributed by atoms with Crippen molar-refractivity contribution >= 4 is 6.47 Å². The Morgan fingerprint density at radius 1 is 1.67 bits per heavy atom. The topological polar surface area (TPSA) is 38.3 Å². The predicted octanol–water partition coefficient (Wildman–Crippen LogP) is 0.607. The Bertz CT molecular complexity index is 110. The summed E-state index contributed by atoms with van der Waals surface area (Å²) in [6.45, 7) is 2.46. The lowest BCUT2D eigenvalue weighted by Gasteiger charge is -2.37. The van der Waals surface area contributed by atoms with Gasteiger partial charge in [-0.2, -0.15) is 0 Å². The van der Waals surface area contributed by atoms with Crippen molar-refractivity contribution in [1.29, 1.82) is 0 Å². The lowest BCUT2D eigenvalue weighted by molar-refractivity contribution is -0.142. The predicted molar refractivity (Wildman–Crippen MR) is 32.5 cm³/mol. The van der Waals surface area contributed by atoms with Crippen molar-refractivity contribution in [1.82, 2.24) is 5.48 Å². The van der Waals surface area contributed by atoms with Gasteiger partial charge in [-0.1, -0.05) is 0 Å². The summed E-state index contributed by atoms with van der Waals surface area (Å²) in [7, 11) is 0. The minimum absolute atomic E-state index is 0.0703. The van der Waals surface area contributed by atoms with E-state index in [1.165, 1.54) is 6.42 Å². The average molecular weight is 129 g/mol. The second-order valence-electron chi connectivity index (χ2n) is 2.73. The molecule has 1 aliphatic carbocycles. The second-order valence-corrected chi connectivity index (χ2v) is 2.73. The molecule has 0 aromatic heterocycles. The van der Waals surface area contributed by atoms with Crippen LogP contribution in [0.25, 0.3) is 0 Å². The van der Waals surface area contributed by atoms with Crippen LogP contribution in [0.4, 0.5) is 0 Å². The van der Waals surface area contributed by atoms with Crippen molar-refractivity contribution in [2.24, 2.45) is 0 Å². The van der Waals surface area contributed by atoms with Gasteiger partial charge < -0.3 is 4.84 Å². The minimum atomic E-state index is 0.0703. The van der Waals surface area contributed by atoms with E-state index in [1.54, 1.807) is 0 Å². The third kappa shape index (κ3) is 1.42. The summed E-state index contributed by atoms with van der Waals surface area (Å²) in [5.41, 5.74) is 2.75. The Morgan fingerprint density at radius 3 is 2.67 bits per heavy atom. The number of carbonyl (C=O) groups is 1. The van der Waals surface area contributed by atoms with Crippen LogP contribution in [0.1, 0.15) is 26.2 Å². The zero-order valence-corrected chi connectivity index (χ0v) is 5.52. The van der Waals surface area contributed by atoms with Gasteiger partial charge >= 0.3 is 6.47 Å². The summed E-state index contributed by atoms with van der Waals surface area (Å²) in [6, 6.07) is 0. The summed E-state index contributed by atoms with van der Waals surface area (Å²) in [5, 5.41) is 0. The lowest BCUT2D eigenvalue weighted by atomic mass is 9.79. The van der Waals surface area contributed by atoms with Crippen LogP contribution in [-0.2, 0) is 9.63 Å². The zero-order chi connectivity index (χ0) is 6.74. The van der Waals surface area contributed by atoms with Crippen LogP contribution in [0.15, 0.2) is 0 Å². The number of nitrogens with one attached hydrogen (secondary N) is 1. The maximum Gasteiger partial charge on any atom is 0.312 e. The Hall–Kier alpha value is -0.570. The van der Waals surface area contributed by atoms with Gasteiger partial charge in [-0.15, -0.1) is 5.48 Å². The van der Waals surface area contributed by atoms with E-state index in [0.717, 1.165) is 12.8 Å². The summed E-state index contributed by atoms with van der Waals surface area (Å²) in [4.78, 5) is 14.1. The number of hydrogen-bond donors (Lipinski definition) is 1. The molecule has 1 rings (SSSR count). The smallest absolute Gasteiger partial charge is 0.312 e. The number of carbonyl (C=O) groups excluding carboxylic acids is 1. The highest BCUT2D eigenvalue weighted by molar-refractivity contribution is 5.36. The third-order valence-corrected chi connectivity index (χ3v) is 1.81. The number of hydroxylamine groups is 1. The molecule has 3 nitrogen and oxygen atoms in total.